The van der Waals surface area contributed by atoms with Crippen molar-refractivity contribution >= 4 is 10.9 Å². The van der Waals surface area contributed by atoms with Crippen LogP contribution in [-0.4, -0.2) is 10.1 Å². The number of nitrogens with zero attached hydrogens (tertiary/aromatic N) is 2. The van der Waals surface area contributed by atoms with E-state index in [-0.39, 0.29) is 0 Å². The summed E-state index contributed by atoms with van der Waals surface area (Å²) in [7, 11) is 0. The highest BCUT2D eigenvalue weighted by atomic mass is 16.5. The van der Waals surface area contributed by atoms with Crippen LogP contribution in [0.2, 0.25) is 0 Å². The second-order valence-corrected chi connectivity index (χ2v) is 4.57. The van der Waals surface area contributed by atoms with Gasteiger partial charge in [-0.2, -0.15) is 0 Å². The molecule has 0 radical (unpaired) electrons. The van der Waals surface area contributed by atoms with Crippen molar-refractivity contribution in [3.63, 3.8) is 0 Å². The predicted molar refractivity (Wildman–Crippen MR) is 73.5 cm³/mol. The van der Waals surface area contributed by atoms with E-state index in [2.05, 4.69) is 33.7 Å². The molecule has 4 nitrogen and oxygen atoms in total. The summed E-state index contributed by atoms with van der Waals surface area (Å²) in [5, 5.41) is 8.37. The van der Waals surface area contributed by atoms with Gasteiger partial charge in [-0.3, -0.25) is 4.98 Å². The van der Waals surface area contributed by atoms with Gasteiger partial charge in [-0.1, -0.05) is 17.3 Å². The normalized spacial score (nSPS) is 11.0. The molecule has 0 saturated heterocycles. The average Bonchev–Trinajstić information content (AvgIpc) is 2.84. The minimum atomic E-state index is 0.686. The van der Waals surface area contributed by atoms with Crippen molar-refractivity contribution in [1.29, 1.82) is 0 Å². The minimum absolute atomic E-state index is 0.686. The van der Waals surface area contributed by atoms with Crippen molar-refractivity contribution < 1.29 is 4.52 Å². The first-order valence-corrected chi connectivity index (χ1v) is 6.28. The Hall–Kier alpha value is -2.20. The summed E-state index contributed by atoms with van der Waals surface area (Å²) >= 11 is 0. The first-order valence-electron chi connectivity index (χ1n) is 6.28. The molecule has 2 heterocycles. The molecule has 0 amide bonds. The number of fused-ring (bicyclic) bond motifs is 1. The maximum Gasteiger partial charge on any atom is 0.150 e. The second-order valence-electron chi connectivity index (χ2n) is 4.57. The number of aryl methyl sites for hydroxylation is 1. The van der Waals surface area contributed by atoms with Crippen LogP contribution in [-0.2, 0) is 13.1 Å². The molecule has 0 saturated carbocycles. The molecular formula is C15H15N3O. The van der Waals surface area contributed by atoms with Crippen LogP contribution >= 0.6 is 0 Å². The molecule has 1 aromatic carbocycles. The molecular weight excluding hydrogens is 238 g/mol. The van der Waals surface area contributed by atoms with E-state index in [0.717, 1.165) is 28.9 Å². The zero-order valence-corrected chi connectivity index (χ0v) is 10.8. The lowest BCUT2D eigenvalue weighted by molar-refractivity contribution is 0.369. The second kappa shape index (κ2) is 5.20. The lowest BCUT2D eigenvalue weighted by atomic mass is 10.1. The monoisotopic (exact) mass is 253 g/mol. The predicted octanol–water partition coefficient (Wildman–Crippen LogP) is 2.82. The molecule has 3 rings (SSSR count). The molecule has 19 heavy (non-hydrogen) atoms. The summed E-state index contributed by atoms with van der Waals surface area (Å²) in [6.45, 7) is 3.40. The highest BCUT2D eigenvalue weighted by Gasteiger charge is 2.01. The molecule has 0 unspecified atom stereocenters. The van der Waals surface area contributed by atoms with Crippen LogP contribution in [0, 0.1) is 6.92 Å². The molecule has 2 aromatic heterocycles. The van der Waals surface area contributed by atoms with E-state index < -0.39 is 0 Å². The van der Waals surface area contributed by atoms with Crippen molar-refractivity contribution in [2.45, 2.75) is 20.0 Å². The van der Waals surface area contributed by atoms with Crippen LogP contribution in [0.3, 0.4) is 0 Å². The van der Waals surface area contributed by atoms with Crippen molar-refractivity contribution in [1.82, 2.24) is 15.5 Å². The molecule has 0 spiro atoms. The Morgan fingerprint density at radius 1 is 1.16 bits per heavy atom. The summed E-state index contributed by atoms with van der Waals surface area (Å²) in [6, 6.07) is 12.3. The van der Waals surface area contributed by atoms with Gasteiger partial charge in [0.25, 0.3) is 0 Å². The van der Waals surface area contributed by atoms with Gasteiger partial charge in [0.1, 0.15) is 0 Å². The number of aromatic nitrogens is 2. The third kappa shape index (κ3) is 2.80. The molecule has 0 atom stereocenters. The van der Waals surface area contributed by atoms with Gasteiger partial charge >= 0.3 is 0 Å². The number of benzene rings is 1. The van der Waals surface area contributed by atoms with Crippen molar-refractivity contribution in [2.75, 3.05) is 0 Å². The Kier molecular flexibility index (Phi) is 3.25. The maximum absolute atomic E-state index is 5.15. The molecule has 0 aliphatic rings. The fourth-order valence-electron chi connectivity index (χ4n) is 2.06. The largest absolute Gasteiger partial charge is 0.360 e. The van der Waals surface area contributed by atoms with Gasteiger partial charge in [-0.15, -0.1) is 0 Å². The number of pyridine rings is 1. The first kappa shape index (κ1) is 11.9. The smallest absolute Gasteiger partial charge is 0.150 e. The lowest BCUT2D eigenvalue weighted by Crippen LogP contribution is -2.12. The van der Waals surface area contributed by atoms with Gasteiger partial charge in [0.2, 0.25) is 0 Å². The van der Waals surface area contributed by atoms with Crippen LogP contribution in [0.25, 0.3) is 10.9 Å². The number of hydrogen-bond donors (Lipinski definition) is 1. The van der Waals surface area contributed by atoms with E-state index in [1.165, 1.54) is 5.56 Å². The number of hydrogen-bond acceptors (Lipinski definition) is 4. The third-order valence-corrected chi connectivity index (χ3v) is 2.97. The Morgan fingerprint density at radius 2 is 2.11 bits per heavy atom. The van der Waals surface area contributed by atoms with Crippen LogP contribution in [0.5, 0.6) is 0 Å². The first-order chi connectivity index (χ1) is 9.31. The molecule has 3 aromatic rings. The Morgan fingerprint density at radius 3 is 2.95 bits per heavy atom. The van der Waals surface area contributed by atoms with E-state index >= 15 is 0 Å². The van der Waals surface area contributed by atoms with Gasteiger partial charge in [0.05, 0.1) is 17.8 Å². The summed E-state index contributed by atoms with van der Waals surface area (Å²) < 4.78 is 5.15. The van der Waals surface area contributed by atoms with Gasteiger partial charge in [-0.05, 0) is 30.7 Å². The van der Waals surface area contributed by atoms with Crippen LogP contribution in [0.1, 0.15) is 17.0 Å². The topological polar surface area (TPSA) is 51.0 Å². The highest BCUT2D eigenvalue weighted by Crippen LogP contribution is 2.13. The summed E-state index contributed by atoms with van der Waals surface area (Å²) in [5.41, 5.74) is 3.17. The number of rotatable bonds is 4. The van der Waals surface area contributed by atoms with Gasteiger partial charge in [0, 0.05) is 24.2 Å². The fourth-order valence-corrected chi connectivity index (χ4v) is 2.06. The molecule has 4 heteroatoms. The molecule has 0 bridgehead atoms. The zero-order valence-electron chi connectivity index (χ0n) is 10.8. The van der Waals surface area contributed by atoms with E-state index in [1.807, 2.05) is 31.3 Å². The van der Waals surface area contributed by atoms with Gasteiger partial charge < -0.3 is 9.84 Å². The summed E-state index contributed by atoms with van der Waals surface area (Å²) in [4.78, 5) is 4.31. The number of nitrogens with one attached hydrogen (secondary N) is 1. The van der Waals surface area contributed by atoms with Crippen molar-refractivity contribution in [2.24, 2.45) is 0 Å². The van der Waals surface area contributed by atoms with Crippen molar-refractivity contribution in [3.8, 4) is 0 Å². The molecule has 1 N–H and O–H groups in total. The zero-order chi connectivity index (χ0) is 13.1. The van der Waals surface area contributed by atoms with E-state index in [4.69, 9.17) is 4.52 Å². The molecule has 96 valence electrons. The van der Waals surface area contributed by atoms with E-state index in [0.29, 0.717) is 6.54 Å². The van der Waals surface area contributed by atoms with E-state index in [9.17, 15) is 0 Å². The lowest BCUT2D eigenvalue weighted by Gasteiger charge is -2.04. The Labute approximate surface area is 111 Å². The summed E-state index contributed by atoms with van der Waals surface area (Å²) in [6.07, 6.45) is 1.81. The third-order valence-electron chi connectivity index (χ3n) is 2.97. The van der Waals surface area contributed by atoms with Crippen molar-refractivity contribution in [3.05, 3.63) is 59.6 Å². The van der Waals surface area contributed by atoms with Crippen LogP contribution in [0.15, 0.2) is 47.1 Å². The Balaban J connectivity index is 1.65. The van der Waals surface area contributed by atoms with Crippen LogP contribution < -0.4 is 5.32 Å². The molecule has 0 aliphatic carbocycles. The van der Waals surface area contributed by atoms with E-state index in [1.54, 1.807) is 0 Å². The standard InChI is InChI=1S/C15H15N3O/c1-11-7-14(19-18-11)10-16-9-12-4-5-15-13(8-12)3-2-6-17-15/h2-8,16H,9-10H2,1H3. The maximum atomic E-state index is 5.15. The minimum Gasteiger partial charge on any atom is -0.360 e. The molecule has 0 aliphatic heterocycles. The fraction of sp³-hybridized carbons (Fsp3) is 0.200. The average molecular weight is 253 g/mol. The quantitative estimate of drug-likeness (QED) is 0.776. The van der Waals surface area contributed by atoms with Crippen LogP contribution in [0.4, 0.5) is 0 Å². The Bertz CT molecular complexity index is 690. The molecule has 0 fully saturated rings. The highest BCUT2D eigenvalue weighted by molar-refractivity contribution is 5.78. The summed E-state index contributed by atoms with van der Waals surface area (Å²) in [5.74, 6) is 0.861. The SMILES string of the molecule is Cc1cc(CNCc2ccc3ncccc3c2)on1. The van der Waals surface area contributed by atoms with Gasteiger partial charge in [-0.25, -0.2) is 0 Å². The van der Waals surface area contributed by atoms with Gasteiger partial charge in [0.15, 0.2) is 5.76 Å².